The van der Waals surface area contributed by atoms with Crippen molar-refractivity contribution in [3.63, 3.8) is 0 Å². The highest BCUT2D eigenvalue weighted by atomic mass is 32.2. The number of thiazole rings is 1. The first-order chi connectivity index (χ1) is 11.9. The lowest BCUT2D eigenvalue weighted by molar-refractivity contribution is -0.159. The summed E-state index contributed by atoms with van der Waals surface area (Å²) in [5.74, 6) is -2.26. The zero-order chi connectivity index (χ0) is 18.1. The van der Waals surface area contributed by atoms with E-state index in [1.807, 2.05) is 0 Å². The molecule has 1 fully saturated rings. The van der Waals surface area contributed by atoms with Gasteiger partial charge in [-0.2, -0.15) is 0 Å². The summed E-state index contributed by atoms with van der Waals surface area (Å²) in [7, 11) is 1.28. The lowest BCUT2D eigenvalue weighted by Gasteiger charge is -2.49. The largest absolute Gasteiger partial charge is 0.479 e. The Balaban J connectivity index is 1.75. The van der Waals surface area contributed by atoms with Gasteiger partial charge >= 0.3 is 5.97 Å². The number of hydrogen-bond acceptors (Lipinski definition) is 9. The molecule has 3 rings (SSSR count). The van der Waals surface area contributed by atoms with Crippen molar-refractivity contribution in [2.45, 2.75) is 17.5 Å². The number of fused-ring (bicyclic) bond motifs is 1. The third kappa shape index (κ3) is 3.05. The fraction of sp³-hybridized carbons (Fsp3) is 0.308. The molecular formula is C13H13N5O5S2. The van der Waals surface area contributed by atoms with Gasteiger partial charge in [0.05, 0.1) is 0 Å². The van der Waals surface area contributed by atoms with Crippen LogP contribution in [0.1, 0.15) is 5.69 Å². The van der Waals surface area contributed by atoms with Gasteiger partial charge in [-0.25, -0.2) is 9.78 Å². The predicted molar refractivity (Wildman–Crippen MR) is 90.8 cm³/mol. The number of hydrogen-bond donors (Lipinski definition) is 3. The quantitative estimate of drug-likeness (QED) is 0.348. The summed E-state index contributed by atoms with van der Waals surface area (Å²) in [5.41, 5.74) is 5.67. The second-order valence-corrected chi connectivity index (χ2v) is 6.95. The van der Waals surface area contributed by atoms with E-state index < -0.39 is 35.2 Å². The number of aliphatic carboxylic acids is 1. The van der Waals surface area contributed by atoms with E-state index in [2.05, 4.69) is 20.3 Å². The molecule has 0 spiro atoms. The molecule has 1 unspecified atom stereocenters. The van der Waals surface area contributed by atoms with Crippen LogP contribution in [0.5, 0.6) is 0 Å². The Labute approximate surface area is 149 Å². The van der Waals surface area contributed by atoms with Crippen LogP contribution < -0.4 is 11.1 Å². The van der Waals surface area contributed by atoms with Crippen LogP contribution in [0.15, 0.2) is 22.0 Å². The van der Waals surface area contributed by atoms with Crippen LogP contribution in [0.2, 0.25) is 0 Å². The molecule has 132 valence electrons. The van der Waals surface area contributed by atoms with Crippen molar-refractivity contribution in [2.75, 3.05) is 12.8 Å². The van der Waals surface area contributed by atoms with E-state index in [4.69, 9.17) is 10.8 Å². The third-order valence-electron chi connectivity index (χ3n) is 3.56. The maximum absolute atomic E-state index is 12.5. The summed E-state index contributed by atoms with van der Waals surface area (Å²) in [4.78, 5) is 45.8. The van der Waals surface area contributed by atoms with Crippen molar-refractivity contribution in [1.29, 1.82) is 0 Å². The maximum Gasteiger partial charge on any atom is 0.330 e. The summed E-state index contributed by atoms with van der Waals surface area (Å²) >= 11 is 2.39. The minimum atomic E-state index is -1.13. The predicted octanol–water partition coefficient (Wildman–Crippen LogP) is -0.557. The van der Waals surface area contributed by atoms with Crippen LogP contribution in [0.25, 0.3) is 0 Å². The molecule has 25 heavy (non-hydrogen) atoms. The number of amides is 2. The number of nitrogen functional groups attached to an aromatic ring is 1. The van der Waals surface area contributed by atoms with Crippen molar-refractivity contribution >= 4 is 51.7 Å². The van der Waals surface area contributed by atoms with Gasteiger partial charge in [-0.15, -0.1) is 23.1 Å². The van der Waals surface area contributed by atoms with E-state index in [1.54, 1.807) is 10.8 Å². The van der Waals surface area contributed by atoms with Crippen molar-refractivity contribution in [3.8, 4) is 0 Å². The van der Waals surface area contributed by atoms with Crippen molar-refractivity contribution < 1.29 is 24.3 Å². The Morgan fingerprint density at radius 3 is 2.88 bits per heavy atom. The number of carbonyl (C=O) groups is 3. The van der Waals surface area contributed by atoms with Crippen LogP contribution in [0, 0.1) is 0 Å². The van der Waals surface area contributed by atoms with Gasteiger partial charge in [0.25, 0.3) is 5.91 Å². The maximum atomic E-state index is 12.5. The smallest absolute Gasteiger partial charge is 0.330 e. The van der Waals surface area contributed by atoms with E-state index >= 15 is 0 Å². The monoisotopic (exact) mass is 383 g/mol. The number of nitrogens with one attached hydrogen (secondary N) is 1. The van der Waals surface area contributed by atoms with Crippen molar-refractivity contribution in [1.82, 2.24) is 15.2 Å². The SMILES string of the molecule is CO/N=C(\C(=O)N[C@@H]1C(=O)N2C(C(=O)O)C=CS[C@H]12)c1csc(N)n1. The summed E-state index contributed by atoms with van der Waals surface area (Å²) in [6, 6.07) is -1.89. The van der Waals surface area contributed by atoms with Gasteiger partial charge in [0.2, 0.25) is 5.91 Å². The number of carbonyl (C=O) groups excluding carboxylic acids is 2. The highest BCUT2D eigenvalue weighted by molar-refractivity contribution is 8.02. The van der Waals surface area contributed by atoms with Crippen molar-refractivity contribution in [3.05, 3.63) is 22.6 Å². The van der Waals surface area contributed by atoms with E-state index in [0.717, 1.165) is 11.3 Å². The number of anilines is 1. The Bertz CT molecular complexity index is 792. The molecule has 1 aromatic heterocycles. The Hall–Kier alpha value is -2.60. The molecule has 3 heterocycles. The lowest BCUT2D eigenvalue weighted by atomic mass is 10.0. The first-order valence-corrected chi connectivity index (χ1v) is 8.76. The highest BCUT2D eigenvalue weighted by Gasteiger charge is 2.54. The second-order valence-electron chi connectivity index (χ2n) is 5.03. The third-order valence-corrected chi connectivity index (χ3v) is 5.33. The summed E-state index contributed by atoms with van der Waals surface area (Å²) in [6.07, 6.45) is 1.43. The molecule has 1 saturated heterocycles. The number of nitrogens with zero attached hydrogens (tertiary/aromatic N) is 3. The summed E-state index contributed by atoms with van der Waals surface area (Å²) in [5, 5.41) is 18.3. The molecule has 12 heteroatoms. The van der Waals surface area contributed by atoms with E-state index in [-0.39, 0.29) is 16.5 Å². The number of thioether (sulfide) groups is 1. The van der Waals surface area contributed by atoms with Gasteiger partial charge in [-0.3, -0.25) is 9.59 Å². The number of nitrogens with two attached hydrogens (primary N) is 1. The van der Waals surface area contributed by atoms with Crippen LogP contribution in [-0.4, -0.2) is 63.1 Å². The molecule has 2 aliphatic heterocycles. The van der Waals surface area contributed by atoms with Gasteiger partial charge < -0.3 is 25.9 Å². The van der Waals surface area contributed by atoms with Gasteiger partial charge in [0.15, 0.2) is 10.8 Å². The number of carboxylic acid groups (broad SMARTS) is 1. The molecule has 2 aliphatic rings. The van der Waals surface area contributed by atoms with Crippen LogP contribution in [0.4, 0.5) is 5.13 Å². The summed E-state index contributed by atoms with van der Waals surface area (Å²) in [6.45, 7) is 0. The highest BCUT2D eigenvalue weighted by Crippen LogP contribution is 2.37. The average Bonchev–Trinajstić information content (AvgIpc) is 3.02. The molecule has 4 N–H and O–H groups in total. The zero-order valence-corrected chi connectivity index (χ0v) is 14.4. The van der Waals surface area contributed by atoms with E-state index in [9.17, 15) is 14.4 Å². The van der Waals surface area contributed by atoms with Crippen LogP contribution >= 0.6 is 23.1 Å². The van der Waals surface area contributed by atoms with Crippen molar-refractivity contribution in [2.24, 2.45) is 5.16 Å². The Kier molecular flexibility index (Phi) is 4.63. The standard InChI is InChI=1S/C13H13N5O5S2/c1-23-17-7(5-4-25-13(14)15-5)9(19)16-8-10(20)18-6(12(21)22)2-3-24-11(8)18/h2-4,6,8,11H,1H3,(H2,14,15)(H,16,19)(H,21,22)/b17-7-/t6?,8-,11-/m1/s1. The number of oxime groups is 1. The minimum Gasteiger partial charge on any atom is -0.479 e. The van der Waals surface area contributed by atoms with E-state index in [0.29, 0.717) is 0 Å². The van der Waals surface area contributed by atoms with Gasteiger partial charge in [-0.1, -0.05) is 5.16 Å². The van der Waals surface area contributed by atoms with Gasteiger partial charge in [0, 0.05) is 5.38 Å². The van der Waals surface area contributed by atoms with Crippen LogP contribution in [-0.2, 0) is 19.2 Å². The first-order valence-electron chi connectivity index (χ1n) is 6.94. The second kappa shape index (κ2) is 6.72. The fourth-order valence-corrected chi connectivity index (χ4v) is 4.11. The van der Waals surface area contributed by atoms with Gasteiger partial charge in [-0.05, 0) is 11.5 Å². The fourth-order valence-electron chi connectivity index (χ4n) is 2.46. The normalized spacial score (nSPS) is 25.2. The molecule has 0 radical (unpaired) electrons. The molecule has 0 aliphatic carbocycles. The topological polar surface area (TPSA) is 147 Å². The van der Waals surface area contributed by atoms with E-state index in [1.165, 1.54) is 29.8 Å². The molecule has 0 aromatic carbocycles. The van der Waals surface area contributed by atoms with Gasteiger partial charge in [0.1, 0.15) is 30.3 Å². The Morgan fingerprint density at radius 2 is 2.28 bits per heavy atom. The number of aromatic nitrogens is 1. The molecular weight excluding hydrogens is 370 g/mol. The lowest BCUT2D eigenvalue weighted by Crippen LogP contribution is -2.73. The molecule has 2 amide bonds. The summed E-state index contributed by atoms with van der Waals surface area (Å²) < 4.78 is 0. The number of β-lactam (4-membered cyclic amide) rings is 1. The van der Waals surface area contributed by atoms with Crippen LogP contribution in [0.3, 0.4) is 0 Å². The number of rotatable bonds is 5. The molecule has 0 bridgehead atoms. The Morgan fingerprint density at radius 1 is 1.52 bits per heavy atom. The molecule has 10 nitrogen and oxygen atoms in total. The average molecular weight is 383 g/mol. The molecule has 1 aromatic rings. The molecule has 0 saturated carbocycles. The minimum absolute atomic E-state index is 0.118. The number of carboxylic acids is 1. The zero-order valence-electron chi connectivity index (χ0n) is 12.8. The molecule has 3 atom stereocenters. The first kappa shape index (κ1) is 17.2.